The number of hydrogen-bond acceptors (Lipinski definition) is 3. The average Bonchev–Trinajstić information content (AvgIpc) is 2.47. The second kappa shape index (κ2) is 6.78. The number of rotatable bonds is 4. The third kappa shape index (κ3) is 4.44. The fourth-order valence-electron chi connectivity index (χ4n) is 3.15. The molecular weight excluding hydrogens is 258 g/mol. The average molecular weight is 289 g/mol. The van der Waals surface area contributed by atoms with Crippen molar-refractivity contribution in [3.05, 3.63) is 23.9 Å². The van der Waals surface area contributed by atoms with Crippen LogP contribution in [0.1, 0.15) is 52.5 Å². The minimum Gasteiger partial charge on any atom is -0.357 e. The molecule has 1 fully saturated rings. The first-order valence-electron chi connectivity index (χ1n) is 8.35. The fourth-order valence-corrected chi connectivity index (χ4v) is 3.15. The summed E-state index contributed by atoms with van der Waals surface area (Å²) in [5.41, 5.74) is 7.68. The predicted molar refractivity (Wildman–Crippen MR) is 90.6 cm³/mol. The number of aromatic nitrogens is 1. The highest BCUT2D eigenvalue weighted by Crippen LogP contribution is 2.35. The molecule has 0 saturated carbocycles. The highest BCUT2D eigenvalue weighted by Gasteiger charge is 2.29. The van der Waals surface area contributed by atoms with Crippen molar-refractivity contribution in [1.82, 2.24) is 4.98 Å². The molecule has 3 nitrogen and oxygen atoms in total. The van der Waals surface area contributed by atoms with Gasteiger partial charge < -0.3 is 10.6 Å². The van der Waals surface area contributed by atoms with Crippen molar-refractivity contribution < 1.29 is 0 Å². The van der Waals surface area contributed by atoms with Gasteiger partial charge in [-0.2, -0.15) is 0 Å². The van der Waals surface area contributed by atoms with E-state index in [1.807, 2.05) is 6.20 Å². The lowest BCUT2D eigenvalue weighted by Gasteiger charge is -2.39. The molecule has 0 amide bonds. The second-order valence-electron chi connectivity index (χ2n) is 7.52. The third-order valence-corrected chi connectivity index (χ3v) is 4.88. The SMILES string of the molecule is CCC(N)Cc1ccc(N2CCC(C(C)(C)C)CC2)nc1. The Hall–Kier alpha value is -1.09. The summed E-state index contributed by atoms with van der Waals surface area (Å²) in [7, 11) is 0. The summed E-state index contributed by atoms with van der Waals surface area (Å²) in [6.07, 6.45) is 6.49. The Morgan fingerprint density at radius 1 is 1.29 bits per heavy atom. The van der Waals surface area contributed by atoms with Gasteiger partial charge in [-0.05, 0) is 48.6 Å². The van der Waals surface area contributed by atoms with Crippen LogP contribution in [0, 0.1) is 11.3 Å². The molecule has 0 bridgehead atoms. The van der Waals surface area contributed by atoms with E-state index in [1.54, 1.807) is 0 Å². The van der Waals surface area contributed by atoms with Crippen LogP contribution in [-0.4, -0.2) is 24.1 Å². The van der Waals surface area contributed by atoms with Crippen LogP contribution in [0.4, 0.5) is 5.82 Å². The highest BCUT2D eigenvalue weighted by molar-refractivity contribution is 5.40. The minimum atomic E-state index is 0.250. The van der Waals surface area contributed by atoms with Gasteiger partial charge in [0.1, 0.15) is 5.82 Å². The quantitative estimate of drug-likeness (QED) is 0.920. The molecule has 1 aromatic rings. The zero-order valence-electron chi connectivity index (χ0n) is 14.1. The molecule has 2 heterocycles. The largest absolute Gasteiger partial charge is 0.357 e. The molecule has 3 heteroatoms. The van der Waals surface area contributed by atoms with Crippen LogP contribution in [0.15, 0.2) is 18.3 Å². The van der Waals surface area contributed by atoms with Crippen LogP contribution in [-0.2, 0) is 6.42 Å². The van der Waals surface area contributed by atoms with Gasteiger partial charge in [-0.15, -0.1) is 0 Å². The van der Waals surface area contributed by atoms with Gasteiger partial charge in [-0.3, -0.25) is 0 Å². The highest BCUT2D eigenvalue weighted by atomic mass is 15.2. The number of nitrogens with two attached hydrogens (primary N) is 1. The molecule has 0 radical (unpaired) electrons. The maximum atomic E-state index is 6.00. The molecule has 118 valence electrons. The van der Waals surface area contributed by atoms with Crippen molar-refractivity contribution in [2.24, 2.45) is 17.1 Å². The van der Waals surface area contributed by atoms with Crippen LogP contribution >= 0.6 is 0 Å². The maximum absolute atomic E-state index is 6.00. The summed E-state index contributed by atoms with van der Waals surface area (Å²) in [6, 6.07) is 4.60. The number of piperidine rings is 1. The van der Waals surface area contributed by atoms with Gasteiger partial charge in [0.2, 0.25) is 0 Å². The Morgan fingerprint density at radius 3 is 2.43 bits per heavy atom. The van der Waals surface area contributed by atoms with Crippen molar-refractivity contribution in [3.63, 3.8) is 0 Å². The third-order valence-electron chi connectivity index (χ3n) is 4.88. The van der Waals surface area contributed by atoms with E-state index in [0.717, 1.165) is 37.7 Å². The predicted octanol–water partition coefficient (Wildman–Crippen LogP) is 3.62. The van der Waals surface area contributed by atoms with Crippen LogP contribution in [0.3, 0.4) is 0 Å². The fraction of sp³-hybridized carbons (Fsp3) is 0.722. The van der Waals surface area contributed by atoms with Gasteiger partial charge in [0, 0.05) is 25.3 Å². The van der Waals surface area contributed by atoms with E-state index in [4.69, 9.17) is 5.73 Å². The molecule has 21 heavy (non-hydrogen) atoms. The van der Waals surface area contributed by atoms with Crippen molar-refractivity contribution in [2.45, 2.75) is 59.4 Å². The molecule has 1 aliphatic rings. The molecule has 2 N–H and O–H groups in total. The molecule has 0 aliphatic carbocycles. The summed E-state index contributed by atoms with van der Waals surface area (Å²) in [4.78, 5) is 7.07. The van der Waals surface area contributed by atoms with Crippen LogP contribution in [0.5, 0.6) is 0 Å². The molecule has 0 spiro atoms. The van der Waals surface area contributed by atoms with E-state index in [0.29, 0.717) is 5.41 Å². The topological polar surface area (TPSA) is 42.1 Å². The lowest BCUT2D eigenvalue weighted by atomic mass is 9.75. The first-order chi connectivity index (χ1) is 9.90. The Kier molecular flexibility index (Phi) is 5.26. The van der Waals surface area contributed by atoms with Gasteiger partial charge in [-0.25, -0.2) is 4.98 Å². The van der Waals surface area contributed by atoms with Gasteiger partial charge in [-0.1, -0.05) is 33.8 Å². The van der Waals surface area contributed by atoms with Gasteiger partial charge in [0.05, 0.1) is 0 Å². The molecule has 1 aromatic heterocycles. The number of hydrogen-bond donors (Lipinski definition) is 1. The van der Waals surface area contributed by atoms with E-state index in [-0.39, 0.29) is 6.04 Å². The van der Waals surface area contributed by atoms with Crippen molar-refractivity contribution in [1.29, 1.82) is 0 Å². The lowest BCUT2D eigenvalue weighted by molar-refractivity contribution is 0.198. The smallest absolute Gasteiger partial charge is 0.128 e. The monoisotopic (exact) mass is 289 g/mol. The Labute approximate surface area is 129 Å². The van der Waals surface area contributed by atoms with Crippen LogP contribution in [0.2, 0.25) is 0 Å². The minimum absolute atomic E-state index is 0.250. The van der Waals surface area contributed by atoms with E-state index in [1.165, 1.54) is 18.4 Å². The molecule has 1 saturated heterocycles. The van der Waals surface area contributed by atoms with E-state index >= 15 is 0 Å². The van der Waals surface area contributed by atoms with Crippen molar-refractivity contribution in [2.75, 3.05) is 18.0 Å². The summed E-state index contributed by atoms with van der Waals surface area (Å²) in [5.74, 6) is 1.95. The number of nitrogens with zero attached hydrogens (tertiary/aromatic N) is 2. The Bertz CT molecular complexity index is 425. The zero-order chi connectivity index (χ0) is 15.5. The Balaban J connectivity index is 1.92. The van der Waals surface area contributed by atoms with Gasteiger partial charge >= 0.3 is 0 Å². The zero-order valence-corrected chi connectivity index (χ0v) is 14.1. The number of anilines is 1. The van der Waals surface area contributed by atoms with Gasteiger partial charge in [0.25, 0.3) is 0 Å². The summed E-state index contributed by atoms with van der Waals surface area (Å²) in [5, 5.41) is 0. The maximum Gasteiger partial charge on any atom is 0.128 e. The molecular formula is C18H31N3. The summed E-state index contributed by atoms with van der Waals surface area (Å²) in [6.45, 7) is 11.5. The first-order valence-corrected chi connectivity index (χ1v) is 8.35. The molecule has 0 aromatic carbocycles. The van der Waals surface area contributed by atoms with Crippen LogP contribution < -0.4 is 10.6 Å². The van der Waals surface area contributed by atoms with Crippen LogP contribution in [0.25, 0.3) is 0 Å². The van der Waals surface area contributed by atoms with E-state index in [9.17, 15) is 0 Å². The summed E-state index contributed by atoms with van der Waals surface area (Å²) < 4.78 is 0. The second-order valence-corrected chi connectivity index (χ2v) is 7.52. The Morgan fingerprint density at radius 2 is 1.95 bits per heavy atom. The first kappa shape index (κ1) is 16.3. The number of pyridine rings is 1. The van der Waals surface area contributed by atoms with Crippen molar-refractivity contribution >= 4 is 5.82 Å². The molecule has 1 unspecified atom stereocenters. The standard InChI is InChI=1S/C18H31N3/c1-5-16(19)12-14-6-7-17(20-13-14)21-10-8-15(9-11-21)18(2,3)4/h6-7,13,15-16H,5,8-12,19H2,1-4H3. The van der Waals surface area contributed by atoms with E-state index < -0.39 is 0 Å². The van der Waals surface area contributed by atoms with Gasteiger partial charge in [0.15, 0.2) is 0 Å². The van der Waals surface area contributed by atoms with E-state index in [2.05, 4.69) is 49.7 Å². The lowest BCUT2D eigenvalue weighted by Crippen LogP contribution is -2.38. The summed E-state index contributed by atoms with van der Waals surface area (Å²) >= 11 is 0. The molecule has 1 atom stereocenters. The molecule has 2 rings (SSSR count). The van der Waals surface area contributed by atoms with Crippen molar-refractivity contribution in [3.8, 4) is 0 Å². The molecule has 1 aliphatic heterocycles. The normalized spacial score (nSPS) is 18.8.